The molecule has 0 saturated heterocycles. The van der Waals surface area contributed by atoms with Gasteiger partial charge in [-0.1, -0.05) is 0 Å². The molecule has 0 atom stereocenters. The first kappa shape index (κ1) is 12.7. The van der Waals surface area contributed by atoms with E-state index in [-0.39, 0.29) is 6.10 Å². The average molecular weight is 245 g/mol. The van der Waals surface area contributed by atoms with E-state index in [1.807, 2.05) is 6.07 Å². The van der Waals surface area contributed by atoms with Crippen molar-refractivity contribution < 1.29 is 5.11 Å². The van der Waals surface area contributed by atoms with Crippen LogP contribution in [0.25, 0.3) is 0 Å². The van der Waals surface area contributed by atoms with E-state index in [1.165, 1.54) is 0 Å². The second kappa shape index (κ2) is 5.74. The minimum Gasteiger partial charge on any atom is -0.398 e. The Balaban J connectivity index is 1.89. The van der Waals surface area contributed by atoms with Gasteiger partial charge in [0.25, 0.3) is 0 Å². The summed E-state index contributed by atoms with van der Waals surface area (Å²) in [7, 11) is 0. The SMILES string of the molecule is N#Cc1cc(NCC2CCC(O)CC2)ccc1N. The third-order valence-electron chi connectivity index (χ3n) is 3.58. The van der Waals surface area contributed by atoms with Crippen molar-refractivity contribution in [1.82, 2.24) is 0 Å². The van der Waals surface area contributed by atoms with Gasteiger partial charge in [-0.25, -0.2) is 0 Å². The fourth-order valence-electron chi connectivity index (χ4n) is 2.37. The molecule has 4 heteroatoms. The topological polar surface area (TPSA) is 82.1 Å². The largest absolute Gasteiger partial charge is 0.398 e. The number of anilines is 2. The van der Waals surface area contributed by atoms with Crippen molar-refractivity contribution in [2.75, 3.05) is 17.6 Å². The minimum absolute atomic E-state index is 0.108. The molecule has 18 heavy (non-hydrogen) atoms. The molecule has 1 aliphatic rings. The van der Waals surface area contributed by atoms with Gasteiger partial charge >= 0.3 is 0 Å². The summed E-state index contributed by atoms with van der Waals surface area (Å²) in [6.07, 6.45) is 3.82. The van der Waals surface area contributed by atoms with Crippen molar-refractivity contribution in [1.29, 1.82) is 5.26 Å². The van der Waals surface area contributed by atoms with Crippen molar-refractivity contribution >= 4 is 11.4 Å². The first-order chi connectivity index (χ1) is 8.69. The third kappa shape index (κ3) is 3.14. The highest BCUT2D eigenvalue weighted by Crippen LogP contribution is 2.25. The van der Waals surface area contributed by atoms with Gasteiger partial charge in [-0.3, -0.25) is 0 Å². The Kier molecular flexibility index (Phi) is 4.06. The molecule has 1 fully saturated rings. The summed E-state index contributed by atoms with van der Waals surface area (Å²) >= 11 is 0. The quantitative estimate of drug-likeness (QED) is 0.712. The van der Waals surface area contributed by atoms with Crippen molar-refractivity contribution in [3.05, 3.63) is 23.8 Å². The maximum atomic E-state index is 9.44. The number of rotatable bonds is 3. The molecule has 0 aliphatic heterocycles. The van der Waals surface area contributed by atoms with Crippen LogP contribution in [0.2, 0.25) is 0 Å². The van der Waals surface area contributed by atoms with Crippen molar-refractivity contribution in [3.63, 3.8) is 0 Å². The van der Waals surface area contributed by atoms with Crippen LogP contribution in [0.1, 0.15) is 31.2 Å². The molecule has 1 aliphatic carbocycles. The summed E-state index contributed by atoms with van der Waals surface area (Å²) in [4.78, 5) is 0. The number of nitrogens with two attached hydrogens (primary N) is 1. The van der Waals surface area contributed by atoms with Crippen molar-refractivity contribution in [2.24, 2.45) is 5.92 Å². The zero-order valence-electron chi connectivity index (χ0n) is 10.4. The molecule has 96 valence electrons. The molecule has 0 bridgehead atoms. The van der Waals surface area contributed by atoms with Crippen LogP contribution in [0.4, 0.5) is 11.4 Å². The molecule has 1 aromatic carbocycles. The van der Waals surface area contributed by atoms with E-state index < -0.39 is 0 Å². The Hall–Kier alpha value is -1.73. The number of nitrogens with zero attached hydrogens (tertiary/aromatic N) is 1. The summed E-state index contributed by atoms with van der Waals surface area (Å²) in [5.74, 6) is 0.608. The molecule has 1 saturated carbocycles. The lowest BCUT2D eigenvalue weighted by Crippen LogP contribution is -2.23. The van der Waals surface area contributed by atoms with Gasteiger partial charge < -0.3 is 16.2 Å². The van der Waals surface area contributed by atoms with Gasteiger partial charge in [0.15, 0.2) is 0 Å². The zero-order valence-corrected chi connectivity index (χ0v) is 10.4. The molecule has 4 N–H and O–H groups in total. The Morgan fingerprint density at radius 1 is 1.33 bits per heavy atom. The molecule has 0 unspecified atom stereocenters. The third-order valence-corrected chi connectivity index (χ3v) is 3.58. The normalized spacial score (nSPS) is 23.3. The molecular weight excluding hydrogens is 226 g/mol. The molecule has 2 rings (SSSR count). The number of benzene rings is 1. The van der Waals surface area contributed by atoms with E-state index in [0.29, 0.717) is 17.2 Å². The zero-order chi connectivity index (χ0) is 13.0. The Bertz CT molecular complexity index is 445. The molecule has 4 nitrogen and oxygen atoms in total. The van der Waals surface area contributed by atoms with Gasteiger partial charge in [-0.15, -0.1) is 0 Å². The Labute approximate surface area is 107 Å². The fourth-order valence-corrected chi connectivity index (χ4v) is 2.37. The van der Waals surface area contributed by atoms with Crippen LogP contribution in [-0.2, 0) is 0 Å². The lowest BCUT2D eigenvalue weighted by Gasteiger charge is -2.25. The van der Waals surface area contributed by atoms with Gasteiger partial charge in [0, 0.05) is 17.9 Å². The first-order valence-electron chi connectivity index (χ1n) is 6.40. The van der Waals surface area contributed by atoms with Crippen LogP contribution >= 0.6 is 0 Å². The molecule has 0 radical (unpaired) electrons. The Morgan fingerprint density at radius 2 is 2.06 bits per heavy atom. The second-order valence-electron chi connectivity index (χ2n) is 4.97. The van der Waals surface area contributed by atoms with Gasteiger partial charge in [0.2, 0.25) is 0 Å². The maximum Gasteiger partial charge on any atom is 0.101 e. The molecule has 1 aromatic rings. The predicted octanol–water partition coefficient (Wildman–Crippen LogP) is 2.10. The Morgan fingerprint density at radius 3 is 2.72 bits per heavy atom. The number of hydrogen-bond donors (Lipinski definition) is 3. The van der Waals surface area contributed by atoms with Crippen LogP contribution in [0.5, 0.6) is 0 Å². The summed E-state index contributed by atoms with van der Waals surface area (Å²) in [5, 5.41) is 21.7. The van der Waals surface area contributed by atoms with E-state index in [1.54, 1.807) is 12.1 Å². The van der Waals surface area contributed by atoms with E-state index in [2.05, 4.69) is 11.4 Å². The number of aliphatic hydroxyl groups excluding tert-OH is 1. The smallest absolute Gasteiger partial charge is 0.101 e. The molecular formula is C14H19N3O. The van der Waals surface area contributed by atoms with Crippen molar-refractivity contribution in [2.45, 2.75) is 31.8 Å². The fraction of sp³-hybridized carbons (Fsp3) is 0.500. The van der Waals surface area contributed by atoms with Crippen LogP contribution < -0.4 is 11.1 Å². The van der Waals surface area contributed by atoms with Crippen LogP contribution in [0.15, 0.2) is 18.2 Å². The monoisotopic (exact) mass is 245 g/mol. The summed E-state index contributed by atoms with van der Waals surface area (Å²) < 4.78 is 0. The van der Waals surface area contributed by atoms with Gasteiger partial charge in [-0.2, -0.15) is 5.26 Å². The van der Waals surface area contributed by atoms with Crippen LogP contribution in [0, 0.1) is 17.2 Å². The highest BCUT2D eigenvalue weighted by Gasteiger charge is 2.18. The van der Waals surface area contributed by atoms with E-state index >= 15 is 0 Å². The van der Waals surface area contributed by atoms with Gasteiger partial charge in [-0.05, 0) is 49.8 Å². The van der Waals surface area contributed by atoms with Crippen LogP contribution in [-0.4, -0.2) is 17.8 Å². The van der Waals surface area contributed by atoms with E-state index in [0.717, 1.165) is 37.9 Å². The van der Waals surface area contributed by atoms with Gasteiger partial charge in [0.1, 0.15) is 6.07 Å². The predicted molar refractivity (Wildman–Crippen MR) is 72.0 cm³/mol. The number of nitriles is 1. The van der Waals surface area contributed by atoms with E-state index in [4.69, 9.17) is 11.0 Å². The average Bonchev–Trinajstić information content (AvgIpc) is 2.39. The highest BCUT2D eigenvalue weighted by atomic mass is 16.3. The maximum absolute atomic E-state index is 9.44. The molecule has 0 heterocycles. The molecule has 0 spiro atoms. The molecule has 0 amide bonds. The standard InChI is InChI=1S/C14H19N3O/c15-8-11-7-12(3-6-14(11)16)17-9-10-1-4-13(18)5-2-10/h3,6-7,10,13,17-18H,1-2,4-5,9,16H2. The van der Waals surface area contributed by atoms with Crippen molar-refractivity contribution in [3.8, 4) is 6.07 Å². The van der Waals surface area contributed by atoms with Crippen LogP contribution in [0.3, 0.4) is 0 Å². The highest BCUT2D eigenvalue weighted by molar-refractivity contribution is 5.61. The number of hydrogen-bond acceptors (Lipinski definition) is 4. The second-order valence-corrected chi connectivity index (χ2v) is 4.97. The summed E-state index contributed by atoms with van der Waals surface area (Å²) in [5.41, 5.74) is 7.64. The number of aliphatic hydroxyl groups is 1. The summed E-state index contributed by atoms with van der Waals surface area (Å²) in [6, 6.07) is 7.52. The number of nitrogen functional groups attached to an aromatic ring is 1. The van der Waals surface area contributed by atoms with Gasteiger partial charge in [0.05, 0.1) is 11.7 Å². The number of nitrogens with one attached hydrogen (secondary N) is 1. The molecule has 0 aromatic heterocycles. The first-order valence-corrected chi connectivity index (χ1v) is 6.40. The summed E-state index contributed by atoms with van der Waals surface area (Å²) in [6.45, 7) is 0.890. The lowest BCUT2D eigenvalue weighted by molar-refractivity contribution is 0.111. The lowest BCUT2D eigenvalue weighted by atomic mass is 9.87. The minimum atomic E-state index is -0.108. The van der Waals surface area contributed by atoms with E-state index in [9.17, 15) is 5.11 Å².